The lowest BCUT2D eigenvalue weighted by molar-refractivity contribution is -0.144. The summed E-state index contributed by atoms with van der Waals surface area (Å²) >= 11 is 0. The van der Waals surface area contributed by atoms with E-state index in [0.29, 0.717) is 0 Å². The van der Waals surface area contributed by atoms with Crippen molar-refractivity contribution in [1.82, 2.24) is 5.32 Å². The van der Waals surface area contributed by atoms with Crippen LogP contribution >= 0.6 is 0 Å². The Hall–Kier alpha value is -2.43. The molecule has 1 aromatic carbocycles. The molecule has 2 rings (SSSR count). The van der Waals surface area contributed by atoms with Crippen molar-refractivity contribution in [2.45, 2.75) is 39.7 Å². The molecule has 116 valence electrons. The van der Waals surface area contributed by atoms with Crippen LogP contribution in [0, 0.1) is 0 Å². The number of hydrogen-bond acceptors (Lipinski definition) is 4. The van der Waals surface area contributed by atoms with Gasteiger partial charge in [0.25, 0.3) is 11.8 Å². The van der Waals surface area contributed by atoms with Gasteiger partial charge >= 0.3 is 5.97 Å². The van der Waals surface area contributed by atoms with Crippen LogP contribution in [-0.4, -0.2) is 17.8 Å². The molecule has 0 saturated heterocycles. The molecule has 1 aliphatic rings. The Balaban J connectivity index is 1.93. The van der Waals surface area contributed by atoms with Crippen LogP contribution in [-0.2, 0) is 38.6 Å². The monoisotopic (exact) mass is 301 g/mol. The van der Waals surface area contributed by atoms with E-state index in [1.807, 2.05) is 18.2 Å². The maximum absolute atomic E-state index is 11.7. The SMILES string of the molecule is CCc1ccc(COC(=O)CC2=CC(=O)NC2=O)cc1CC. The number of ether oxygens (including phenoxy) is 1. The van der Waals surface area contributed by atoms with Gasteiger partial charge in [0.15, 0.2) is 0 Å². The Morgan fingerprint density at radius 1 is 1.14 bits per heavy atom. The zero-order valence-corrected chi connectivity index (χ0v) is 12.8. The first-order chi connectivity index (χ1) is 10.5. The van der Waals surface area contributed by atoms with Crippen LogP contribution in [0.15, 0.2) is 29.8 Å². The molecule has 0 spiro atoms. The molecule has 0 radical (unpaired) electrons. The molecule has 0 atom stereocenters. The Morgan fingerprint density at radius 2 is 1.86 bits per heavy atom. The van der Waals surface area contributed by atoms with Crippen molar-refractivity contribution < 1.29 is 19.1 Å². The average Bonchev–Trinajstić information content (AvgIpc) is 2.82. The van der Waals surface area contributed by atoms with Gasteiger partial charge < -0.3 is 4.74 Å². The molecule has 0 unspecified atom stereocenters. The maximum atomic E-state index is 11.7. The Bertz CT molecular complexity index is 646. The van der Waals surface area contributed by atoms with E-state index in [9.17, 15) is 14.4 Å². The molecule has 5 heteroatoms. The van der Waals surface area contributed by atoms with Gasteiger partial charge in [-0.1, -0.05) is 32.0 Å². The summed E-state index contributed by atoms with van der Waals surface area (Å²) in [5.74, 6) is -1.54. The number of nitrogens with one attached hydrogen (secondary N) is 1. The standard InChI is InChI=1S/C17H19NO4/c1-3-12-6-5-11(7-13(12)4-2)10-22-16(20)9-14-8-15(19)18-17(14)21/h5-8H,3-4,9-10H2,1-2H3,(H,18,19,21). The molecule has 0 aliphatic carbocycles. The highest BCUT2D eigenvalue weighted by molar-refractivity contribution is 6.17. The van der Waals surface area contributed by atoms with Crippen LogP contribution in [0.3, 0.4) is 0 Å². The molecule has 2 amide bonds. The van der Waals surface area contributed by atoms with Gasteiger partial charge in [0.05, 0.1) is 6.42 Å². The van der Waals surface area contributed by atoms with E-state index in [1.54, 1.807) is 0 Å². The number of imide groups is 1. The Morgan fingerprint density at radius 3 is 2.45 bits per heavy atom. The molecule has 0 bridgehead atoms. The van der Waals surface area contributed by atoms with Gasteiger partial charge in [-0.15, -0.1) is 0 Å². The van der Waals surface area contributed by atoms with E-state index in [0.717, 1.165) is 24.5 Å². The topological polar surface area (TPSA) is 72.5 Å². The highest BCUT2D eigenvalue weighted by Crippen LogP contribution is 2.15. The number of esters is 1. The number of carbonyl (C=O) groups is 3. The summed E-state index contributed by atoms with van der Waals surface area (Å²) in [5.41, 5.74) is 3.61. The summed E-state index contributed by atoms with van der Waals surface area (Å²) in [7, 11) is 0. The number of benzene rings is 1. The van der Waals surface area contributed by atoms with E-state index in [2.05, 4.69) is 19.2 Å². The van der Waals surface area contributed by atoms with Crippen LogP contribution in [0.4, 0.5) is 0 Å². The van der Waals surface area contributed by atoms with Crippen LogP contribution in [0.1, 0.15) is 37.0 Å². The van der Waals surface area contributed by atoms with Crippen LogP contribution in [0.25, 0.3) is 0 Å². The molecular weight excluding hydrogens is 282 g/mol. The summed E-state index contributed by atoms with van der Waals surface area (Å²) < 4.78 is 5.18. The fourth-order valence-electron chi connectivity index (χ4n) is 2.40. The number of rotatable bonds is 6. The van der Waals surface area contributed by atoms with Gasteiger partial charge in [0.2, 0.25) is 0 Å². The normalized spacial score (nSPS) is 13.8. The van der Waals surface area contributed by atoms with Crippen LogP contribution in [0.2, 0.25) is 0 Å². The number of hydrogen-bond donors (Lipinski definition) is 1. The first-order valence-electron chi connectivity index (χ1n) is 7.35. The van der Waals surface area contributed by atoms with Crippen molar-refractivity contribution in [1.29, 1.82) is 0 Å². The summed E-state index contributed by atoms with van der Waals surface area (Å²) in [4.78, 5) is 34.1. The zero-order valence-electron chi connectivity index (χ0n) is 12.8. The van der Waals surface area contributed by atoms with E-state index in [-0.39, 0.29) is 18.6 Å². The molecule has 0 aromatic heterocycles. The lowest BCUT2D eigenvalue weighted by atomic mass is 10.0. The van der Waals surface area contributed by atoms with Crippen molar-refractivity contribution >= 4 is 17.8 Å². The van der Waals surface area contributed by atoms with Crippen molar-refractivity contribution in [3.63, 3.8) is 0 Å². The summed E-state index contributed by atoms with van der Waals surface area (Å²) in [6.45, 7) is 4.36. The van der Waals surface area contributed by atoms with Gasteiger partial charge in [-0.05, 0) is 29.5 Å². The van der Waals surface area contributed by atoms with E-state index < -0.39 is 17.8 Å². The van der Waals surface area contributed by atoms with Gasteiger partial charge in [-0.2, -0.15) is 0 Å². The Labute approximate surface area is 129 Å². The fourth-order valence-corrected chi connectivity index (χ4v) is 2.40. The molecule has 1 heterocycles. The lowest BCUT2D eigenvalue weighted by Gasteiger charge is -2.09. The third-order valence-electron chi connectivity index (χ3n) is 3.60. The molecule has 22 heavy (non-hydrogen) atoms. The average molecular weight is 301 g/mol. The minimum absolute atomic E-state index is 0.144. The quantitative estimate of drug-likeness (QED) is 0.642. The van der Waals surface area contributed by atoms with Crippen LogP contribution in [0.5, 0.6) is 0 Å². The largest absolute Gasteiger partial charge is 0.461 e. The third kappa shape index (κ3) is 3.81. The first-order valence-corrected chi connectivity index (χ1v) is 7.35. The molecule has 1 aliphatic heterocycles. The highest BCUT2D eigenvalue weighted by Gasteiger charge is 2.23. The first kappa shape index (κ1) is 15.9. The smallest absolute Gasteiger partial charge is 0.310 e. The van der Waals surface area contributed by atoms with E-state index in [4.69, 9.17) is 4.74 Å². The molecule has 1 N–H and O–H groups in total. The van der Waals surface area contributed by atoms with Gasteiger partial charge in [0, 0.05) is 11.6 Å². The predicted octanol–water partition coefficient (Wildman–Crippen LogP) is 1.83. The number of amides is 2. The lowest BCUT2D eigenvalue weighted by Crippen LogP contribution is -2.23. The van der Waals surface area contributed by atoms with Crippen molar-refractivity contribution in [3.05, 3.63) is 46.5 Å². The second-order valence-corrected chi connectivity index (χ2v) is 5.14. The van der Waals surface area contributed by atoms with Crippen molar-refractivity contribution in [3.8, 4) is 0 Å². The summed E-state index contributed by atoms with van der Waals surface area (Å²) in [5, 5.41) is 2.10. The highest BCUT2D eigenvalue weighted by atomic mass is 16.5. The molecule has 5 nitrogen and oxygen atoms in total. The minimum atomic E-state index is -0.525. The van der Waals surface area contributed by atoms with Crippen molar-refractivity contribution in [2.24, 2.45) is 0 Å². The summed E-state index contributed by atoms with van der Waals surface area (Å²) in [6, 6.07) is 6.03. The molecule has 1 aromatic rings. The predicted molar refractivity (Wildman–Crippen MR) is 80.8 cm³/mol. The van der Waals surface area contributed by atoms with Gasteiger partial charge in [0.1, 0.15) is 6.61 Å². The fraction of sp³-hybridized carbons (Fsp3) is 0.353. The van der Waals surface area contributed by atoms with Crippen molar-refractivity contribution in [2.75, 3.05) is 0 Å². The third-order valence-corrected chi connectivity index (χ3v) is 3.60. The molecular formula is C17H19NO4. The molecule has 0 saturated carbocycles. The van der Waals surface area contributed by atoms with E-state index in [1.165, 1.54) is 11.1 Å². The Kier molecular flexibility index (Phi) is 5.09. The second kappa shape index (κ2) is 7.02. The summed E-state index contributed by atoms with van der Waals surface area (Å²) in [6.07, 6.45) is 2.85. The van der Waals surface area contributed by atoms with Gasteiger partial charge in [-0.25, -0.2) is 0 Å². The second-order valence-electron chi connectivity index (χ2n) is 5.14. The maximum Gasteiger partial charge on any atom is 0.310 e. The number of carbonyl (C=O) groups excluding carboxylic acids is 3. The van der Waals surface area contributed by atoms with Crippen LogP contribution < -0.4 is 5.32 Å². The zero-order chi connectivity index (χ0) is 16.1. The molecule has 0 fully saturated rings. The minimum Gasteiger partial charge on any atom is -0.461 e. The van der Waals surface area contributed by atoms with Gasteiger partial charge in [-0.3, -0.25) is 19.7 Å². The number of aryl methyl sites for hydroxylation is 2. The van der Waals surface area contributed by atoms with E-state index >= 15 is 0 Å².